The molecule has 3 aromatic carbocycles. The lowest BCUT2D eigenvalue weighted by Crippen LogP contribution is -2.26. The molecule has 1 N–H and O–H groups in total. The van der Waals surface area contributed by atoms with Gasteiger partial charge in [-0.2, -0.15) is 0 Å². The van der Waals surface area contributed by atoms with E-state index in [9.17, 15) is 0 Å². The lowest BCUT2D eigenvalue weighted by molar-refractivity contribution is 0.274. The zero-order valence-electron chi connectivity index (χ0n) is 13.9. The molecule has 0 spiro atoms. The van der Waals surface area contributed by atoms with E-state index in [2.05, 4.69) is 77.0 Å². The molecule has 0 fully saturated rings. The summed E-state index contributed by atoms with van der Waals surface area (Å²) in [6.07, 6.45) is 4.05. The fourth-order valence-electron chi connectivity index (χ4n) is 3.01. The van der Waals surface area contributed by atoms with E-state index in [0.717, 1.165) is 17.0 Å². The molecule has 1 unspecified atom stereocenters. The SMILES string of the molecule is CN(C)c1ccc(NC2C=Cc3c(ccc4ccccc34)O2)cc1. The highest BCUT2D eigenvalue weighted by molar-refractivity contribution is 5.93. The quantitative estimate of drug-likeness (QED) is 0.754. The number of hydrogen-bond acceptors (Lipinski definition) is 3. The predicted octanol–water partition coefficient (Wildman–Crippen LogP) is 4.75. The molecule has 1 heterocycles. The summed E-state index contributed by atoms with van der Waals surface area (Å²) in [4.78, 5) is 2.09. The van der Waals surface area contributed by atoms with Crippen molar-refractivity contribution in [3.63, 3.8) is 0 Å². The molecule has 3 nitrogen and oxygen atoms in total. The summed E-state index contributed by atoms with van der Waals surface area (Å²) in [6.45, 7) is 0. The van der Waals surface area contributed by atoms with Gasteiger partial charge in [-0.15, -0.1) is 0 Å². The van der Waals surface area contributed by atoms with Crippen LogP contribution in [0.25, 0.3) is 16.8 Å². The van der Waals surface area contributed by atoms with Gasteiger partial charge in [-0.1, -0.05) is 30.3 Å². The van der Waals surface area contributed by atoms with Crippen LogP contribution in [-0.2, 0) is 0 Å². The molecule has 120 valence electrons. The van der Waals surface area contributed by atoms with Crippen LogP contribution >= 0.6 is 0 Å². The monoisotopic (exact) mass is 316 g/mol. The molecule has 3 aromatic rings. The highest BCUT2D eigenvalue weighted by Crippen LogP contribution is 2.33. The fourth-order valence-corrected chi connectivity index (χ4v) is 3.01. The second-order valence-corrected chi connectivity index (χ2v) is 6.18. The first-order chi connectivity index (χ1) is 11.7. The van der Waals surface area contributed by atoms with Crippen LogP contribution in [0, 0.1) is 0 Å². The van der Waals surface area contributed by atoms with Gasteiger partial charge in [0, 0.05) is 31.0 Å². The van der Waals surface area contributed by atoms with E-state index in [1.165, 1.54) is 16.5 Å². The molecule has 0 amide bonds. The zero-order chi connectivity index (χ0) is 16.5. The Bertz CT molecular complexity index is 897. The number of rotatable bonds is 3. The van der Waals surface area contributed by atoms with Crippen molar-refractivity contribution in [2.75, 3.05) is 24.3 Å². The molecule has 1 aliphatic rings. The maximum atomic E-state index is 6.11. The normalized spacial score (nSPS) is 15.7. The third-order valence-electron chi connectivity index (χ3n) is 4.31. The minimum Gasteiger partial charge on any atom is -0.466 e. The maximum Gasteiger partial charge on any atom is 0.189 e. The summed E-state index contributed by atoms with van der Waals surface area (Å²) >= 11 is 0. The Morgan fingerprint density at radius 1 is 0.917 bits per heavy atom. The van der Waals surface area contributed by atoms with Crippen LogP contribution in [0.1, 0.15) is 5.56 Å². The summed E-state index contributed by atoms with van der Waals surface area (Å²) in [7, 11) is 4.08. The van der Waals surface area contributed by atoms with Crippen LogP contribution in [0.3, 0.4) is 0 Å². The molecule has 0 saturated heterocycles. The van der Waals surface area contributed by atoms with Crippen molar-refractivity contribution in [1.82, 2.24) is 0 Å². The second-order valence-electron chi connectivity index (χ2n) is 6.18. The number of nitrogens with zero attached hydrogens (tertiary/aromatic N) is 1. The highest BCUT2D eigenvalue weighted by atomic mass is 16.5. The molecule has 1 atom stereocenters. The molecular weight excluding hydrogens is 296 g/mol. The average Bonchev–Trinajstić information content (AvgIpc) is 2.62. The van der Waals surface area contributed by atoms with Gasteiger partial charge in [-0.3, -0.25) is 0 Å². The summed E-state index contributed by atoms with van der Waals surface area (Å²) in [5, 5.41) is 5.86. The van der Waals surface area contributed by atoms with Crippen molar-refractivity contribution in [2.45, 2.75) is 6.23 Å². The van der Waals surface area contributed by atoms with Crippen LogP contribution in [-0.4, -0.2) is 20.3 Å². The van der Waals surface area contributed by atoms with Crippen molar-refractivity contribution in [1.29, 1.82) is 0 Å². The third kappa shape index (κ3) is 2.69. The highest BCUT2D eigenvalue weighted by Gasteiger charge is 2.16. The number of fused-ring (bicyclic) bond motifs is 3. The van der Waals surface area contributed by atoms with E-state index in [-0.39, 0.29) is 6.23 Å². The smallest absolute Gasteiger partial charge is 0.189 e. The van der Waals surface area contributed by atoms with Gasteiger partial charge in [0.25, 0.3) is 0 Å². The standard InChI is InChI=1S/C21H20N2O/c1-23(2)17-10-8-16(9-11-17)22-21-14-12-19-18-6-4-3-5-15(18)7-13-20(19)24-21/h3-14,21-22H,1-2H3. The van der Waals surface area contributed by atoms with Gasteiger partial charge in [0.05, 0.1) is 0 Å². The number of anilines is 2. The molecule has 0 aliphatic carbocycles. The van der Waals surface area contributed by atoms with Gasteiger partial charge < -0.3 is 15.0 Å². The molecule has 24 heavy (non-hydrogen) atoms. The molecular formula is C21H20N2O. The van der Waals surface area contributed by atoms with E-state index in [1.54, 1.807) is 0 Å². The first-order valence-electron chi connectivity index (χ1n) is 8.11. The van der Waals surface area contributed by atoms with Gasteiger partial charge in [0.2, 0.25) is 0 Å². The van der Waals surface area contributed by atoms with E-state index in [4.69, 9.17) is 4.74 Å². The van der Waals surface area contributed by atoms with Crippen molar-refractivity contribution < 1.29 is 4.74 Å². The first kappa shape index (κ1) is 14.6. The number of ether oxygens (including phenoxy) is 1. The van der Waals surface area contributed by atoms with Crippen LogP contribution in [0.5, 0.6) is 5.75 Å². The summed E-state index contributed by atoms with van der Waals surface area (Å²) in [5.74, 6) is 0.915. The third-order valence-corrected chi connectivity index (χ3v) is 4.31. The van der Waals surface area contributed by atoms with E-state index < -0.39 is 0 Å². The average molecular weight is 316 g/mol. The zero-order valence-corrected chi connectivity index (χ0v) is 13.9. The number of benzene rings is 3. The number of nitrogens with one attached hydrogen (secondary N) is 1. The van der Waals surface area contributed by atoms with Gasteiger partial charge in [0.15, 0.2) is 6.23 Å². The molecule has 0 bridgehead atoms. The molecule has 0 aromatic heterocycles. The van der Waals surface area contributed by atoms with Crippen LogP contribution < -0.4 is 15.0 Å². The fraction of sp³-hybridized carbons (Fsp3) is 0.143. The minimum atomic E-state index is -0.163. The van der Waals surface area contributed by atoms with Gasteiger partial charge in [-0.25, -0.2) is 0 Å². The topological polar surface area (TPSA) is 24.5 Å². The van der Waals surface area contributed by atoms with Gasteiger partial charge >= 0.3 is 0 Å². The summed E-state index contributed by atoms with van der Waals surface area (Å²) in [5.41, 5.74) is 3.37. The van der Waals surface area contributed by atoms with E-state index in [0.29, 0.717) is 0 Å². The Kier molecular flexibility index (Phi) is 3.62. The predicted molar refractivity (Wildman–Crippen MR) is 102 cm³/mol. The molecule has 4 rings (SSSR count). The Labute approximate surface area is 142 Å². The first-order valence-corrected chi connectivity index (χ1v) is 8.11. The van der Waals surface area contributed by atoms with E-state index >= 15 is 0 Å². The minimum absolute atomic E-state index is 0.163. The molecule has 0 saturated carbocycles. The Morgan fingerprint density at radius 2 is 1.71 bits per heavy atom. The van der Waals surface area contributed by atoms with Crippen molar-refractivity contribution >= 4 is 28.2 Å². The summed E-state index contributed by atoms with van der Waals surface area (Å²) in [6, 6.07) is 20.9. The van der Waals surface area contributed by atoms with Gasteiger partial charge in [0.1, 0.15) is 5.75 Å². The Hall–Kier alpha value is -2.94. The van der Waals surface area contributed by atoms with E-state index in [1.807, 2.05) is 20.2 Å². The van der Waals surface area contributed by atoms with Crippen molar-refractivity contribution in [2.24, 2.45) is 0 Å². The largest absolute Gasteiger partial charge is 0.466 e. The molecule has 1 aliphatic heterocycles. The van der Waals surface area contributed by atoms with Gasteiger partial charge in [-0.05, 0) is 53.3 Å². The lowest BCUT2D eigenvalue weighted by atomic mass is 10.0. The molecule has 0 radical (unpaired) electrons. The summed E-state index contributed by atoms with van der Waals surface area (Å²) < 4.78 is 6.11. The Balaban J connectivity index is 1.56. The van der Waals surface area contributed by atoms with Crippen LogP contribution in [0.15, 0.2) is 66.7 Å². The van der Waals surface area contributed by atoms with Crippen molar-refractivity contribution in [3.05, 3.63) is 72.3 Å². The van der Waals surface area contributed by atoms with Crippen molar-refractivity contribution in [3.8, 4) is 5.75 Å². The van der Waals surface area contributed by atoms with Crippen LogP contribution in [0.4, 0.5) is 11.4 Å². The Morgan fingerprint density at radius 3 is 2.50 bits per heavy atom. The van der Waals surface area contributed by atoms with Crippen LogP contribution in [0.2, 0.25) is 0 Å². The second kappa shape index (κ2) is 5.93. The maximum absolute atomic E-state index is 6.11. The molecule has 3 heteroatoms. The lowest BCUT2D eigenvalue weighted by Gasteiger charge is -2.24. The number of hydrogen-bond donors (Lipinski definition) is 1.